The summed E-state index contributed by atoms with van der Waals surface area (Å²) in [5, 5.41) is 13.2. The average molecular weight is 308 g/mol. The average Bonchev–Trinajstić information content (AvgIpc) is 3.31. The van der Waals surface area contributed by atoms with Gasteiger partial charge < -0.3 is 9.64 Å². The Morgan fingerprint density at radius 3 is 3.22 bits per heavy atom. The Morgan fingerprint density at radius 1 is 1.39 bits per heavy atom. The minimum atomic E-state index is 0.394. The molecule has 2 aromatic rings. The predicted molar refractivity (Wildman–Crippen MR) is 86.4 cm³/mol. The number of aromatic nitrogens is 2. The molecule has 0 amide bonds. The fourth-order valence-electron chi connectivity index (χ4n) is 3.51. The first-order chi connectivity index (χ1) is 11.3. The van der Waals surface area contributed by atoms with Crippen molar-refractivity contribution in [3.8, 4) is 11.8 Å². The summed E-state index contributed by atoms with van der Waals surface area (Å²) in [6.45, 7) is 4.00. The maximum atomic E-state index is 8.90. The Kier molecular flexibility index (Phi) is 3.76. The second-order valence-corrected chi connectivity index (χ2v) is 6.35. The van der Waals surface area contributed by atoms with Crippen LogP contribution in [-0.2, 0) is 12.8 Å². The molecule has 1 aromatic carbocycles. The quantitative estimate of drug-likeness (QED) is 0.869. The summed E-state index contributed by atoms with van der Waals surface area (Å²) in [7, 11) is 0. The lowest BCUT2D eigenvalue weighted by atomic mass is 10.1. The van der Waals surface area contributed by atoms with Crippen LogP contribution in [0.3, 0.4) is 0 Å². The fraction of sp³-hybridized carbons (Fsp3) is 0.444. The van der Waals surface area contributed by atoms with Crippen molar-refractivity contribution in [2.75, 3.05) is 26.2 Å². The van der Waals surface area contributed by atoms with Gasteiger partial charge in [0.2, 0.25) is 0 Å². The summed E-state index contributed by atoms with van der Waals surface area (Å²) in [4.78, 5) is 2.49. The van der Waals surface area contributed by atoms with Crippen LogP contribution < -0.4 is 4.74 Å². The maximum Gasteiger partial charge on any atom is 0.122 e. The van der Waals surface area contributed by atoms with E-state index in [9.17, 15) is 0 Å². The van der Waals surface area contributed by atoms with E-state index in [-0.39, 0.29) is 0 Å². The molecule has 2 aliphatic heterocycles. The van der Waals surface area contributed by atoms with E-state index in [4.69, 9.17) is 10.00 Å². The van der Waals surface area contributed by atoms with E-state index in [0.717, 1.165) is 51.3 Å². The Hall–Kier alpha value is -2.32. The fourth-order valence-corrected chi connectivity index (χ4v) is 3.51. The van der Waals surface area contributed by atoms with Gasteiger partial charge in [0, 0.05) is 32.3 Å². The van der Waals surface area contributed by atoms with E-state index in [2.05, 4.69) is 34.3 Å². The smallest absolute Gasteiger partial charge is 0.122 e. The zero-order valence-corrected chi connectivity index (χ0v) is 13.1. The Balaban J connectivity index is 1.33. The first kappa shape index (κ1) is 14.3. The first-order valence-electron chi connectivity index (χ1n) is 8.23. The van der Waals surface area contributed by atoms with Gasteiger partial charge in [0.05, 0.1) is 24.4 Å². The predicted octanol–water partition coefficient (Wildman–Crippen LogP) is 2.18. The molecule has 0 saturated carbocycles. The molecule has 0 spiro atoms. The Bertz CT molecular complexity index is 746. The minimum absolute atomic E-state index is 0.394. The Labute approximate surface area is 136 Å². The second-order valence-electron chi connectivity index (χ2n) is 6.35. The number of hydrogen-bond acceptors (Lipinski definition) is 4. The molecule has 118 valence electrons. The third-order valence-electron chi connectivity index (χ3n) is 4.82. The number of fused-ring (bicyclic) bond motifs is 1. The van der Waals surface area contributed by atoms with Gasteiger partial charge in [-0.15, -0.1) is 0 Å². The SMILES string of the molecule is N#Cc1cnn(C2CCN(CCc3ccc4c(c3)CCO4)C2)c1. The highest BCUT2D eigenvalue weighted by atomic mass is 16.5. The standard InChI is InChI=1S/C18H20N4O/c19-10-15-11-20-22(12-15)17-4-7-21(13-17)6-3-14-1-2-18-16(9-14)5-8-23-18/h1-2,9,11-12,17H,3-8,13H2. The van der Waals surface area contributed by atoms with Crippen LogP contribution in [-0.4, -0.2) is 40.9 Å². The molecular weight excluding hydrogens is 288 g/mol. The zero-order valence-electron chi connectivity index (χ0n) is 13.1. The van der Waals surface area contributed by atoms with Crippen molar-refractivity contribution in [1.29, 1.82) is 5.26 Å². The molecule has 1 saturated heterocycles. The van der Waals surface area contributed by atoms with E-state index in [1.807, 2.05) is 10.9 Å². The molecule has 2 aliphatic rings. The van der Waals surface area contributed by atoms with Crippen LogP contribution in [0.15, 0.2) is 30.6 Å². The molecule has 0 N–H and O–H groups in total. The summed E-state index contributed by atoms with van der Waals surface area (Å²) in [5.74, 6) is 1.06. The lowest BCUT2D eigenvalue weighted by Crippen LogP contribution is -2.24. The van der Waals surface area contributed by atoms with Crippen molar-refractivity contribution in [3.05, 3.63) is 47.3 Å². The molecule has 4 rings (SSSR count). The van der Waals surface area contributed by atoms with Crippen molar-refractivity contribution >= 4 is 0 Å². The molecule has 1 aromatic heterocycles. The van der Waals surface area contributed by atoms with Crippen molar-refractivity contribution in [1.82, 2.24) is 14.7 Å². The van der Waals surface area contributed by atoms with Crippen LogP contribution in [0.25, 0.3) is 0 Å². The summed E-state index contributed by atoms with van der Waals surface area (Å²) in [6, 6.07) is 9.12. The summed E-state index contributed by atoms with van der Waals surface area (Å²) in [5.41, 5.74) is 3.38. The number of nitrogens with zero attached hydrogens (tertiary/aromatic N) is 4. The van der Waals surface area contributed by atoms with Gasteiger partial charge in [-0.25, -0.2) is 0 Å². The largest absolute Gasteiger partial charge is 0.493 e. The number of benzene rings is 1. The van der Waals surface area contributed by atoms with Crippen molar-refractivity contribution < 1.29 is 4.74 Å². The van der Waals surface area contributed by atoms with Gasteiger partial charge in [-0.1, -0.05) is 12.1 Å². The van der Waals surface area contributed by atoms with Crippen LogP contribution in [0.2, 0.25) is 0 Å². The number of likely N-dealkylation sites (tertiary alicyclic amines) is 1. The van der Waals surface area contributed by atoms with Gasteiger partial charge in [0.25, 0.3) is 0 Å². The van der Waals surface area contributed by atoms with Crippen molar-refractivity contribution in [2.45, 2.75) is 25.3 Å². The van der Waals surface area contributed by atoms with Gasteiger partial charge in [0.15, 0.2) is 0 Å². The second kappa shape index (κ2) is 6.05. The normalized spacial score (nSPS) is 20.2. The van der Waals surface area contributed by atoms with Gasteiger partial charge in [-0.05, 0) is 30.0 Å². The highest BCUT2D eigenvalue weighted by molar-refractivity contribution is 5.39. The third-order valence-corrected chi connectivity index (χ3v) is 4.82. The molecule has 1 fully saturated rings. The molecule has 1 unspecified atom stereocenters. The number of ether oxygens (including phenoxy) is 1. The minimum Gasteiger partial charge on any atom is -0.493 e. The summed E-state index contributed by atoms with van der Waals surface area (Å²) in [6.07, 6.45) is 6.71. The van der Waals surface area contributed by atoms with E-state index in [1.54, 1.807) is 6.20 Å². The van der Waals surface area contributed by atoms with Gasteiger partial charge >= 0.3 is 0 Å². The van der Waals surface area contributed by atoms with E-state index >= 15 is 0 Å². The topological polar surface area (TPSA) is 54.1 Å². The molecule has 5 heteroatoms. The van der Waals surface area contributed by atoms with Crippen molar-refractivity contribution in [3.63, 3.8) is 0 Å². The number of rotatable bonds is 4. The van der Waals surface area contributed by atoms with Crippen LogP contribution in [0.1, 0.15) is 29.2 Å². The van der Waals surface area contributed by atoms with Crippen LogP contribution in [0.5, 0.6) is 5.75 Å². The van der Waals surface area contributed by atoms with Gasteiger partial charge in [-0.3, -0.25) is 4.68 Å². The van der Waals surface area contributed by atoms with E-state index in [0.29, 0.717) is 11.6 Å². The molecule has 1 atom stereocenters. The summed E-state index contributed by atoms with van der Waals surface area (Å²) >= 11 is 0. The molecule has 0 aliphatic carbocycles. The van der Waals surface area contributed by atoms with Crippen LogP contribution in [0.4, 0.5) is 0 Å². The van der Waals surface area contributed by atoms with Crippen molar-refractivity contribution in [2.24, 2.45) is 0 Å². The van der Waals surface area contributed by atoms with Crippen LogP contribution >= 0.6 is 0 Å². The maximum absolute atomic E-state index is 8.90. The van der Waals surface area contributed by atoms with E-state index in [1.165, 1.54) is 11.1 Å². The number of nitriles is 1. The first-order valence-corrected chi connectivity index (χ1v) is 8.23. The van der Waals surface area contributed by atoms with Crippen LogP contribution in [0, 0.1) is 11.3 Å². The molecule has 0 bridgehead atoms. The zero-order chi connectivity index (χ0) is 15.6. The molecular formula is C18H20N4O. The lowest BCUT2D eigenvalue weighted by molar-refractivity contribution is 0.323. The number of hydrogen-bond donors (Lipinski definition) is 0. The van der Waals surface area contributed by atoms with Gasteiger partial charge in [0.1, 0.15) is 11.8 Å². The van der Waals surface area contributed by atoms with E-state index < -0.39 is 0 Å². The molecule has 23 heavy (non-hydrogen) atoms. The highest BCUT2D eigenvalue weighted by Crippen LogP contribution is 2.26. The van der Waals surface area contributed by atoms with Gasteiger partial charge in [-0.2, -0.15) is 10.4 Å². The molecule has 3 heterocycles. The molecule has 0 radical (unpaired) electrons. The summed E-state index contributed by atoms with van der Waals surface area (Å²) < 4.78 is 7.51. The molecule has 5 nitrogen and oxygen atoms in total. The Morgan fingerprint density at radius 2 is 2.35 bits per heavy atom. The lowest BCUT2D eigenvalue weighted by Gasteiger charge is -2.16. The monoisotopic (exact) mass is 308 g/mol. The highest BCUT2D eigenvalue weighted by Gasteiger charge is 2.24. The third kappa shape index (κ3) is 2.95.